The molecule has 0 spiro atoms. The van der Waals surface area contributed by atoms with E-state index in [2.05, 4.69) is 17.2 Å². The van der Waals surface area contributed by atoms with E-state index in [1.54, 1.807) is 0 Å². The maximum atomic E-state index is 5.80. The zero-order valence-electron chi connectivity index (χ0n) is 8.09. The molecule has 1 heterocycles. The molecule has 1 aliphatic carbocycles. The van der Waals surface area contributed by atoms with Gasteiger partial charge in [0.1, 0.15) is 5.82 Å². The van der Waals surface area contributed by atoms with Crippen molar-refractivity contribution in [2.45, 2.75) is 32.2 Å². The van der Waals surface area contributed by atoms with Gasteiger partial charge in [0.05, 0.1) is 5.69 Å². The number of nitrogens with two attached hydrogens (primary N) is 1. The second kappa shape index (κ2) is 2.62. The first kappa shape index (κ1) is 8.35. The normalized spacial score (nSPS) is 18.3. The summed E-state index contributed by atoms with van der Waals surface area (Å²) in [6.07, 6.45) is 2.42. The molecule has 70 valence electrons. The van der Waals surface area contributed by atoms with Crippen molar-refractivity contribution in [3.63, 3.8) is 0 Å². The molecular formula is C10H15N3. The van der Waals surface area contributed by atoms with Gasteiger partial charge in [-0.1, -0.05) is 0 Å². The largest absolute Gasteiger partial charge is 0.396 e. The van der Waals surface area contributed by atoms with Crippen LogP contribution in [0.2, 0.25) is 0 Å². The van der Waals surface area contributed by atoms with E-state index in [0.717, 1.165) is 17.2 Å². The van der Waals surface area contributed by atoms with Gasteiger partial charge in [0.2, 0.25) is 0 Å². The van der Waals surface area contributed by atoms with E-state index in [4.69, 9.17) is 5.73 Å². The maximum Gasteiger partial charge on any atom is 0.149 e. The van der Waals surface area contributed by atoms with Crippen LogP contribution in [-0.4, -0.2) is 10.5 Å². The number of hydrogen-bond donors (Lipinski definition) is 2. The first-order valence-electron chi connectivity index (χ1n) is 4.60. The summed E-state index contributed by atoms with van der Waals surface area (Å²) < 4.78 is 0. The first-order chi connectivity index (χ1) is 6.09. The van der Waals surface area contributed by atoms with Crippen LogP contribution in [0.5, 0.6) is 0 Å². The smallest absolute Gasteiger partial charge is 0.149 e. The zero-order valence-corrected chi connectivity index (χ0v) is 8.09. The molecular weight excluding hydrogens is 162 g/mol. The summed E-state index contributed by atoms with van der Waals surface area (Å²) in [5.74, 6) is 0.833. The van der Waals surface area contributed by atoms with Crippen LogP contribution in [0.3, 0.4) is 0 Å². The highest BCUT2D eigenvalue weighted by molar-refractivity contribution is 5.62. The van der Waals surface area contributed by atoms with Crippen LogP contribution >= 0.6 is 0 Å². The fourth-order valence-electron chi connectivity index (χ4n) is 1.27. The lowest BCUT2D eigenvalue weighted by atomic mass is 10.3. The van der Waals surface area contributed by atoms with Gasteiger partial charge in [0, 0.05) is 11.2 Å². The molecule has 0 aromatic carbocycles. The highest BCUT2D eigenvalue weighted by Gasteiger charge is 2.37. The lowest BCUT2D eigenvalue weighted by molar-refractivity contribution is 0.820. The van der Waals surface area contributed by atoms with Crippen molar-refractivity contribution in [2.24, 2.45) is 0 Å². The van der Waals surface area contributed by atoms with E-state index in [0.29, 0.717) is 0 Å². The highest BCUT2D eigenvalue weighted by Crippen LogP contribution is 2.38. The summed E-state index contributed by atoms with van der Waals surface area (Å²) in [6.45, 7) is 4.16. The topological polar surface area (TPSA) is 50.9 Å². The molecule has 0 atom stereocenters. The lowest BCUT2D eigenvalue weighted by Gasteiger charge is -2.14. The third-order valence-electron chi connectivity index (χ3n) is 2.49. The molecule has 0 aliphatic heterocycles. The Hall–Kier alpha value is -1.25. The number of nitrogen functional groups attached to an aromatic ring is 1. The van der Waals surface area contributed by atoms with Crippen LogP contribution in [0.25, 0.3) is 0 Å². The number of nitrogens with zero attached hydrogens (tertiary/aromatic N) is 1. The van der Waals surface area contributed by atoms with Crippen molar-refractivity contribution < 1.29 is 0 Å². The molecule has 3 nitrogen and oxygen atoms in total. The van der Waals surface area contributed by atoms with E-state index in [1.807, 2.05) is 19.1 Å². The number of pyridine rings is 1. The molecule has 0 saturated heterocycles. The van der Waals surface area contributed by atoms with Crippen molar-refractivity contribution in [2.75, 3.05) is 11.1 Å². The Labute approximate surface area is 78.4 Å². The Balaban J connectivity index is 2.23. The number of aryl methyl sites for hydroxylation is 1. The van der Waals surface area contributed by atoms with Gasteiger partial charge >= 0.3 is 0 Å². The van der Waals surface area contributed by atoms with Gasteiger partial charge in [-0.2, -0.15) is 0 Å². The second-order valence-electron chi connectivity index (χ2n) is 4.08. The highest BCUT2D eigenvalue weighted by atomic mass is 15.1. The molecule has 3 heteroatoms. The van der Waals surface area contributed by atoms with Gasteiger partial charge in [-0.15, -0.1) is 0 Å². The molecule has 13 heavy (non-hydrogen) atoms. The minimum atomic E-state index is 0.245. The second-order valence-corrected chi connectivity index (χ2v) is 4.08. The van der Waals surface area contributed by atoms with Crippen LogP contribution in [-0.2, 0) is 0 Å². The van der Waals surface area contributed by atoms with E-state index in [1.165, 1.54) is 12.8 Å². The number of hydrogen-bond acceptors (Lipinski definition) is 3. The maximum absolute atomic E-state index is 5.80. The van der Waals surface area contributed by atoms with E-state index < -0.39 is 0 Å². The number of rotatable bonds is 2. The summed E-state index contributed by atoms with van der Waals surface area (Å²) in [6, 6.07) is 3.83. The van der Waals surface area contributed by atoms with Gasteiger partial charge in [-0.3, -0.25) is 0 Å². The Morgan fingerprint density at radius 1 is 1.46 bits per heavy atom. The monoisotopic (exact) mass is 177 g/mol. The fraction of sp³-hybridized carbons (Fsp3) is 0.500. The van der Waals surface area contributed by atoms with Gasteiger partial charge in [0.15, 0.2) is 0 Å². The molecule has 1 aromatic heterocycles. The molecule has 0 unspecified atom stereocenters. The fourth-order valence-corrected chi connectivity index (χ4v) is 1.27. The Morgan fingerprint density at radius 2 is 2.15 bits per heavy atom. The van der Waals surface area contributed by atoms with Gasteiger partial charge in [-0.05, 0) is 38.8 Å². The molecule has 3 N–H and O–H groups in total. The van der Waals surface area contributed by atoms with Crippen molar-refractivity contribution in [3.05, 3.63) is 17.8 Å². The first-order valence-corrected chi connectivity index (χ1v) is 4.60. The van der Waals surface area contributed by atoms with E-state index >= 15 is 0 Å². The molecule has 0 amide bonds. The molecule has 1 saturated carbocycles. The standard InChI is InChI=1S/C10H15N3/c1-7-3-4-8(11)9(12-7)13-10(2)5-6-10/h3-4H,5-6,11H2,1-2H3,(H,12,13). The zero-order chi connectivity index (χ0) is 9.47. The molecule has 0 bridgehead atoms. The van der Waals surface area contributed by atoms with Crippen LogP contribution in [0.4, 0.5) is 11.5 Å². The average Bonchev–Trinajstić information content (AvgIpc) is 2.76. The molecule has 2 rings (SSSR count). The quantitative estimate of drug-likeness (QED) is 0.725. The molecule has 0 radical (unpaired) electrons. The summed E-state index contributed by atoms with van der Waals surface area (Å²) in [4.78, 5) is 4.36. The van der Waals surface area contributed by atoms with Crippen LogP contribution in [0.15, 0.2) is 12.1 Å². The van der Waals surface area contributed by atoms with Crippen molar-refractivity contribution >= 4 is 11.5 Å². The van der Waals surface area contributed by atoms with Crippen molar-refractivity contribution in [3.8, 4) is 0 Å². The number of aromatic nitrogens is 1. The van der Waals surface area contributed by atoms with Crippen LogP contribution < -0.4 is 11.1 Å². The average molecular weight is 177 g/mol. The van der Waals surface area contributed by atoms with Gasteiger partial charge in [-0.25, -0.2) is 4.98 Å². The Morgan fingerprint density at radius 3 is 2.77 bits per heavy atom. The van der Waals surface area contributed by atoms with Crippen molar-refractivity contribution in [1.29, 1.82) is 0 Å². The predicted molar refractivity (Wildman–Crippen MR) is 54.6 cm³/mol. The third kappa shape index (κ3) is 1.74. The third-order valence-corrected chi connectivity index (χ3v) is 2.49. The van der Waals surface area contributed by atoms with Gasteiger partial charge in [0.25, 0.3) is 0 Å². The number of anilines is 2. The summed E-state index contributed by atoms with van der Waals surface area (Å²) in [7, 11) is 0. The van der Waals surface area contributed by atoms with Gasteiger partial charge < -0.3 is 11.1 Å². The van der Waals surface area contributed by atoms with E-state index in [9.17, 15) is 0 Å². The lowest BCUT2D eigenvalue weighted by Crippen LogP contribution is -2.18. The summed E-state index contributed by atoms with van der Waals surface area (Å²) >= 11 is 0. The summed E-state index contributed by atoms with van der Waals surface area (Å²) in [5, 5.41) is 3.37. The molecule has 1 aliphatic rings. The number of nitrogens with one attached hydrogen (secondary N) is 1. The Bertz CT molecular complexity index is 329. The molecule has 1 aromatic rings. The molecule has 1 fully saturated rings. The van der Waals surface area contributed by atoms with Crippen LogP contribution in [0, 0.1) is 6.92 Å². The minimum absolute atomic E-state index is 0.245. The minimum Gasteiger partial charge on any atom is -0.396 e. The Kier molecular flexibility index (Phi) is 1.68. The van der Waals surface area contributed by atoms with E-state index in [-0.39, 0.29) is 5.54 Å². The predicted octanol–water partition coefficient (Wildman–Crippen LogP) is 1.94. The van der Waals surface area contributed by atoms with Crippen molar-refractivity contribution in [1.82, 2.24) is 4.98 Å². The van der Waals surface area contributed by atoms with Crippen LogP contribution in [0.1, 0.15) is 25.5 Å². The SMILES string of the molecule is Cc1ccc(N)c(NC2(C)CC2)n1. The summed E-state index contributed by atoms with van der Waals surface area (Å²) in [5.41, 5.74) is 7.78.